The van der Waals surface area contributed by atoms with E-state index in [9.17, 15) is 4.79 Å². The minimum Gasteiger partial charge on any atom is -0.490 e. The van der Waals surface area contributed by atoms with Gasteiger partial charge in [-0.2, -0.15) is 0 Å². The first kappa shape index (κ1) is 23.6. The molecule has 0 spiro atoms. The molecule has 172 valence electrons. The Hall–Kier alpha value is -2.57. The molecule has 1 aliphatic heterocycles. The largest absolute Gasteiger partial charge is 0.490 e. The molecule has 2 aliphatic rings. The summed E-state index contributed by atoms with van der Waals surface area (Å²) in [6.07, 6.45) is 10.2. The average molecular weight is 480 g/mol. The zero-order valence-electron chi connectivity index (χ0n) is 18.7. The van der Waals surface area contributed by atoms with Crippen LogP contribution >= 0.6 is 24.0 Å². The lowest BCUT2D eigenvalue weighted by Gasteiger charge is -2.22. The molecule has 0 atom stereocenters. The molecule has 4 rings (SSSR count). The van der Waals surface area contributed by atoms with Gasteiger partial charge in [0.1, 0.15) is 29.0 Å². The van der Waals surface area contributed by atoms with Crippen molar-refractivity contribution in [3.8, 4) is 11.5 Å². The number of thioether (sulfide) groups is 1. The van der Waals surface area contributed by atoms with Crippen molar-refractivity contribution < 1.29 is 14.3 Å². The molecule has 0 bridgehead atoms. The summed E-state index contributed by atoms with van der Waals surface area (Å²) in [6.45, 7) is 5.05. The number of nitrogens with zero attached hydrogens (tertiary/aromatic N) is 1. The van der Waals surface area contributed by atoms with Crippen molar-refractivity contribution in [3.63, 3.8) is 0 Å². The fourth-order valence-electron chi connectivity index (χ4n) is 4.19. The van der Waals surface area contributed by atoms with Crippen LogP contribution in [0.2, 0.25) is 0 Å². The first-order valence-electron chi connectivity index (χ1n) is 11.5. The molecule has 1 aliphatic carbocycles. The maximum Gasteiger partial charge on any atom is 0.266 e. The van der Waals surface area contributed by atoms with Gasteiger partial charge in [-0.15, -0.1) is 6.58 Å². The lowest BCUT2D eigenvalue weighted by atomic mass is 9.84. The van der Waals surface area contributed by atoms with Crippen LogP contribution < -0.4 is 9.47 Å². The van der Waals surface area contributed by atoms with Crippen LogP contribution in [0.15, 0.2) is 66.1 Å². The molecular formula is C27H29NO3S2. The fourth-order valence-corrected chi connectivity index (χ4v) is 5.46. The lowest BCUT2D eigenvalue weighted by molar-refractivity contribution is -0.121. The quantitative estimate of drug-likeness (QED) is 0.176. The summed E-state index contributed by atoms with van der Waals surface area (Å²) < 4.78 is 12.2. The van der Waals surface area contributed by atoms with E-state index in [-0.39, 0.29) is 5.91 Å². The van der Waals surface area contributed by atoms with E-state index >= 15 is 0 Å². The van der Waals surface area contributed by atoms with Gasteiger partial charge in [-0.3, -0.25) is 9.69 Å². The highest BCUT2D eigenvalue weighted by molar-refractivity contribution is 8.26. The van der Waals surface area contributed by atoms with Gasteiger partial charge < -0.3 is 9.47 Å². The van der Waals surface area contributed by atoms with Gasteiger partial charge in [0.15, 0.2) is 0 Å². The van der Waals surface area contributed by atoms with Crippen molar-refractivity contribution in [2.45, 2.75) is 38.0 Å². The third kappa shape index (κ3) is 6.27. The molecular weight excluding hydrogens is 450 g/mol. The Morgan fingerprint density at radius 2 is 1.58 bits per heavy atom. The van der Waals surface area contributed by atoms with Crippen LogP contribution in [0.5, 0.6) is 11.5 Å². The van der Waals surface area contributed by atoms with E-state index < -0.39 is 0 Å². The van der Waals surface area contributed by atoms with Crippen molar-refractivity contribution in [2.75, 3.05) is 19.8 Å². The van der Waals surface area contributed by atoms with Crippen LogP contribution in [0.3, 0.4) is 0 Å². The Labute approximate surface area is 205 Å². The number of hydrogen-bond acceptors (Lipinski definition) is 5. The third-order valence-electron chi connectivity index (χ3n) is 5.94. The van der Waals surface area contributed by atoms with Crippen LogP contribution in [0.4, 0.5) is 0 Å². The number of hydrogen-bond donors (Lipinski definition) is 0. The van der Waals surface area contributed by atoms with Gasteiger partial charge in [0.25, 0.3) is 5.91 Å². The van der Waals surface area contributed by atoms with E-state index in [1.54, 1.807) is 11.0 Å². The number of amides is 1. The molecule has 2 fully saturated rings. The summed E-state index contributed by atoms with van der Waals surface area (Å²) in [5.41, 5.74) is 2.36. The number of thiocarbonyl (C=S) groups is 1. The van der Waals surface area contributed by atoms with Gasteiger partial charge in [-0.1, -0.05) is 73.6 Å². The standard InChI is InChI=1S/C27H29NO3S2/c1-2-16-28-26(29)25(33-27(28)32)19-20-8-12-23(13-9-20)30-17-18-31-24-14-10-22(11-15-24)21-6-4-3-5-7-21/h2,8-15,19,21H,1,3-7,16-18H2/b25-19-. The normalized spacial score (nSPS) is 18.1. The van der Waals surface area contributed by atoms with Crippen molar-refractivity contribution in [2.24, 2.45) is 0 Å². The predicted octanol–water partition coefficient (Wildman–Crippen LogP) is 6.58. The van der Waals surface area contributed by atoms with Gasteiger partial charge in [0, 0.05) is 6.54 Å². The fraction of sp³-hybridized carbons (Fsp3) is 0.333. The maximum atomic E-state index is 12.4. The van der Waals surface area contributed by atoms with Crippen molar-refractivity contribution in [1.29, 1.82) is 0 Å². The Balaban J connectivity index is 1.23. The van der Waals surface area contributed by atoms with Gasteiger partial charge in [0.2, 0.25) is 0 Å². The molecule has 33 heavy (non-hydrogen) atoms. The Kier molecular flexibility index (Phi) is 8.24. The molecule has 1 heterocycles. The first-order chi connectivity index (χ1) is 16.1. The number of rotatable bonds is 9. The molecule has 0 aromatic heterocycles. The van der Waals surface area contributed by atoms with Crippen molar-refractivity contribution >= 4 is 40.3 Å². The summed E-state index contributed by atoms with van der Waals surface area (Å²) in [7, 11) is 0. The van der Waals surface area contributed by atoms with E-state index in [2.05, 4.69) is 30.8 Å². The monoisotopic (exact) mass is 479 g/mol. The topological polar surface area (TPSA) is 38.8 Å². The van der Waals surface area contributed by atoms with E-state index in [0.29, 0.717) is 34.9 Å². The molecule has 4 nitrogen and oxygen atoms in total. The molecule has 0 unspecified atom stereocenters. The van der Waals surface area contributed by atoms with Crippen LogP contribution in [0.25, 0.3) is 6.08 Å². The van der Waals surface area contributed by atoms with Crippen LogP contribution in [0.1, 0.15) is 49.1 Å². The Bertz CT molecular complexity index is 1010. The number of benzene rings is 2. The van der Waals surface area contributed by atoms with Crippen LogP contribution in [-0.2, 0) is 4.79 Å². The average Bonchev–Trinajstić information content (AvgIpc) is 3.11. The molecule has 1 saturated heterocycles. The first-order valence-corrected chi connectivity index (χ1v) is 12.7. The highest BCUT2D eigenvalue weighted by Crippen LogP contribution is 2.34. The number of ether oxygens (including phenoxy) is 2. The summed E-state index contributed by atoms with van der Waals surface area (Å²) in [5, 5.41) is 0. The third-order valence-corrected chi connectivity index (χ3v) is 7.32. The zero-order valence-corrected chi connectivity index (χ0v) is 20.3. The second-order valence-corrected chi connectivity index (χ2v) is 9.93. The van der Waals surface area contributed by atoms with E-state index in [4.69, 9.17) is 21.7 Å². The van der Waals surface area contributed by atoms with Gasteiger partial charge in [0.05, 0.1) is 4.91 Å². The van der Waals surface area contributed by atoms with Crippen LogP contribution in [0, 0.1) is 0 Å². The Morgan fingerprint density at radius 1 is 0.970 bits per heavy atom. The van der Waals surface area contributed by atoms with Gasteiger partial charge in [-0.05, 0) is 60.2 Å². The predicted molar refractivity (Wildman–Crippen MR) is 140 cm³/mol. The summed E-state index contributed by atoms with van der Waals surface area (Å²) in [4.78, 5) is 14.6. The molecule has 6 heteroatoms. The molecule has 0 radical (unpaired) electrons. The van der Waals surface area contributed by atoms with E-state index in [0.717, 1.165) is 17.1 Å². The molecule has 1 amide bonds. The zero-order chi connectivity index (χ0) is 23.0. The molecule has 2 aromatic carbocycles. The minimum absolute atomic E-state index is 0.0749. The molecule has 0 N–H and O–H groups in total. The van der Waals surface area contributed by atoms with Crippen molar-refractivity contribution in [1.82, 2.24) is 4.90 Å². The smallest absolute Gasteiger partial charge is 0.266 e. The maximum absolute atomic E-state index is 12.4. The molecule has 2 aromatic rings. The summed E-state index contributed by atoms with van der Waals surface area (Å²) in [5.74, 6) is 2.28. The number of carbonyl (C=O) groups excluding carboxylic acids is 1. The second kappa shape index (κ2) is 11.5. The van der Waals surface area contributed by atoms with Crippen LogP contribution in [-0.4, -0.2) is 34.9 Å². The minimum atomic E-state index is -0.0749. The Morgan fingerprint density at radius 3 is 2.18 bits per heavy atom. The van der Waals surface area contributed by atoms with Gasteiger partial charge >= 0.3 is 0 Å². The highest BCUT2D eigenvalue weighted by atomic mass is 32.2. The summed E-state index contributed by atoms with van der Waals surface area (Å²) in [6, 6.07) is 16.2. The SMILES string of the molecule is C=CCN1C(=O)/C(=C/c2ccc(OCCOc3ccc(C4CCCCC4)cc3)cc2)SC1=S. The lowest BCUT2D eigenvalue weighted by Crippen LogP contribution is -2.27. The van der Waals surface area contributed by atoms with Gasteiger partial charge in [-0.25, -0.2) is 0 Å². The highest BCUT2D eigenvalue weighted by Gasteiger charge is 2.30. The van der Waals surface area contributed by atoms with E-state index in [1.165, 1.54) is 49.4 Å². The number of carbonyl (C=O) groups is 1. The summed E-state index contributed by atoms with van der Waals surface area (Å²) >= 11 is 6.59. The second-order valence-electron chi connectivity index (χ2n) is 8.25. The molecule has 1 saturated carbocycles. The van der Waals surface area contributed by atoms with Crippen molar-refractivity contribution in [3.05, 3.63) is 77.2 Å². The van der Waals surface area contributed by atoms with E-state index in [1.807, 2.05) is 30.3 Å².